The second-order valence-electron chi connectivity index (χ2n) is 10.8. The molecule has 1 aliphatic heterocycles. The van der Waals surface area contributed by atoms with Gasteiger partial charge in [-0.1, -0.05) is 64.4 Å². The lowest BCUT2D eigenvalue weighted by Crippen LogP contribution is -2.57. The molecule has 0 aromatic heterocycles. The van der Waals surface area contributed by atoms with E-state index in [1.54, 1.807) is 29.2 Å². The highest BCUT2D eigenvalue weighted by Crippen LogP contribution is 2.32. The van der Waals surface area contributed by atoms with Gasteiger partial charge in [0.1, 0.15) is 18.1 Å². The summed E-state index contributed by atoms with van der Waals surface area (Å²) in [4.78, 5) is 55.4. The number of nitrogens with one attached hydrogen (secondary N) is 1. The van der Waals surface area contributed by atoms with E-state index in [-0.39, 0.29) is 30.5 Å². The van der Waals surface area contributed by atoms with Gasteiger partial charge in [-0.15, -0.1) is 0 Å². The van der Waals surface area contributed by atoms with Crippen molar-refractivity contribution in [1.82, 2.24) is 15.1 Å². The lowest BCUT2D eigenvalue weighted by molar-refractivity contribution is -0.149. The van der Waals surface area contributed by atoms with Gasteiger partial charge in [0.25, 0.3) is 0 Å². The number of amides is 2. The molecular weight excluding hydrogens is 510 g/mol. The van der Waals surface area contributed by atoms with E-state index in [2.05, 4.69) is 19.2 Å². The van der Waals surface area contributed by atoms with Crippen LogP contribution in [0.25, 0.3) is 0 Å². The van der Waals surface area contributed by atoms with Crippen molar-refractivity contribution >= 4 is 24.1 Å². The Hall–Kier alpha value is -3.72. The number of methoxy groups -OCH3 is 1. The van der Waals surface area contributed by atoms with Crippen molar-refractivity contribution in [2.45, 2.75) is 64.8 Å². The predicted octanol–water partition coefficient (Wildman–Crippen LogP) is 3.84. The van der Waals surface area contributed by atoms with E-state index in [0.29, 0.717) is 29.7 Å². The van der Waals surface area contributed by atoms with Crippen molar-refractivity contribution in [3.05, 3.63) is 65.7 Å². The molecule has 216 valence electrons. The first-order chi connectivity index (χ1) is 19.1. The van der Waals surface area contributed by atoms with Crippen LogP contribution in [0.4, 0.5) is 0 Å². The molecule has 1 saturated heterocycles. The molecule has 5 atom stereocenters. The number of hydrogen-bond donors (Lipinski definition) is 1. The SMILES string of the molecule is CC[C@H](C)[C@H](NC(=O)[C@@H]([C@H](Oc1ccc(C=O)cc1)c1ccccc1)N1CN(C)[C@@H](CC(C)C)C1=O)C(=O)OC. The van der Waals surface area contributed by atoms with Gasteiger partial charge in [0.15, 0.2) is 12.1 Å². The van der Waals surface area contributed by atoms with Crippen LogP contribution in [0.15, 0.2) is 54.6 Å². The van der Waals surface area contributed by atoms with Gasteiger partial charge in [-0.3, -0.25) is 19.3 Å². The van der Waals surface area contributed by atoms with Crippen LogP contribution in [-0.2, 0) is 19.1 Å². The quantitative estimate of drug-likeness (QED) is 0.298. The molecule has 0 saturated carbocycles. The predicted molar refractivity (Wildman–Crippen MR) is 152 cm³/mol. The van der Waals surface area contributed by atoms with Gasteiger partial charge < -0.3 is 19.7 Å². The van der Waals surface area contributed by atoms with Gasteiger partial charge in [-0.2, -0.15) is 0 Å². The molecular formula is C31H41N3O6. The summed E-state index contributed by atoms with van der Waals surface area (Å²) >= 11 is 0. The fourth-order valence-corrected chi connectivity index (χ4v) is 4.95. The minimum Gasteiger partial charge on any atom is -0.483 e. The van der Waals surface area contributed by atoms with Crippen molar-refractivity contribution in [2.24, 2.45) is 11.8 Å². The Morgan fingerprint density at radius 1 is 1.07 bits per heavy atom. The minimum absolute atomic E-state index is 0.171. The van der Waals surface area contributed by atoms with Crippen LogP contribution in [0.2, 0.25) is 0 Å². The molecule has 1 fully saturated rings. The first-order valence-corrected chi connectivity index (χ1v) is 13.8. The molecule has 0 spiro atoms. The van der Waals surface area contributed by atoms with Crippen molar-refractivity contribution in [3.8, 4) is 5.75 Å². The highest BCUT2D eigenvalue weighted by atomic mass is 16.5. The summed E-state index contributed by atoms with van der Waals surface area (Å²) in [5.74, 6) is -0.727. The summed E-state index contributed by atoms with van der Waals surface area (Å²) in [5, 5.41) is 2.89. The summed E-state index contributed by atoms with van der Waals surface area (Å²) in [7, 11) is 3.16. The number of ether oxygens (including phenoxy) is 2. The second kappa shape index (κ2) is 14.1. The molecule has 0 radical (unpaired) electrons. The summed E-state index contributed by atoms with van der Waals surface area (Å²) in [5.41, 5.74) is 1.17. The first kappa shape index (κ1) is 30.8. The number of nitrogens with zero attached hydrogens (tertiary/aromatic N) is 2. The summed E-state index contributed by atoms with van der Waals surface area (Å²) in [6, 6.07) is 13.4. The van der Waals surface area contributed by atoms with Gasteiger partial charge in [0.2, 0.25) is 11.8 Å². The Morgan fingerprint density at radius 2 is 1.73 bits per heavy atom. The molecule has 9 nitrogen and oxygen atoms in total. The zero-order valence-corrected chi connectivity index (χ0v) is 24.2. The van der Waals surface area contributed by atoms with Crippen LogP contribution in [0.5, 0.6) is 5.75 Å². The van der Waals surface area contributed by atoms with Gasteiger partial charge in [0.05, 0.1) is 19.8 Å². The van der Waals surface area contributed by atoms with E-state index in [1.807, 2.05) is 56.1 Å². The minimum atomic E-state index is -1.10. The number of aldehydes is 1. The Kier molecular flexibility index (Phi) is 10.8. The lowest BCUT2D eigenvalue weighted by Gasteiger charge is -2.35. The first-order valence-electron chi connectivity index (χ1n) is 13.8. The Morgan fingerprint density at radius 3 is 2.27 bits per heavy atom. The maximum atomic E-state index is 14.2. The number of benzene rings is 2. The average Bonchev–Trinajstić information content (AvgIpc) is 3.23. The van der Waals surface area contributed by atoms with Crippen LogP contribution in [0.3, 0.4) is 0 Å². The van der Waals surface area contributed by atoms with E-state index in [1.165, 1.54) is 7.11 Å². The van der Waals surface area contributed by atoms with Gasteiger partial charge in [0, 0.05) is 5.56 Å². The average molecular weight is 552 g/mol. The van der Waals surface area contributed by atoms with Crippen molar-refractivity contribution < 1.29 is 28.7 Å². The molecule has 1 aliphatic rings. The Bertz CT molecular complexity index is 1150. The molecule has 0 unspecified atom stereocenters. The molecule has 2 aromatic rings. The zero-order valence-electron chi connectivity index (χ0n) is 24.2. The van der Waals surface area contributed by atoms with Crippen LogP contribution in [-0.4, -0.2) is 72.8 Å². The maximum Gasteiger partial charge on any atom is 0.328 e. The van der Waals surface area contributed by atoms with Crippen molar-refractivity contribution in [2.75, 3.05) is 20.8 Å². The molecule has 2 amide bonds. The third kappa shape index (κ3) is 7.27. The Labute approximate surface area is 236 Å². The Balaban J connectivity index is 2.10. The van der Waals surface area contributed by atoms with Crippen LogP contribution in [0, 0.1) is 11.8 Å². The van der Waals surface area contributed by atoms with Crippen LogP contribution < -0.4 is 10.1 Å². The molecule has 3 rings (SSSR count). The molecule has 1 N–H and O–H groups in total. The second-order valence-corrected chi connectivity index (χ2v) is 10.8. The molecule has 9 heteroatoms. The summed E-state index contributed by atoms with van der Waals surface area (Å²) in [6.45, 7) is 8.12. The number of esters is 1. The van der Waals surface area contributed by atoms with Gasteiger partial charge >= 0.3 is 5.97 Å². The molecule has 2 aromatic carbocycles. The van der Waals surface area contributed by atoms with Gasteiger partial charge in [-0.05, 0) is 55.1 Å². The zero-order chi connectivity index (χ0) is 29.4. The molecule has 1 heterocycles. The topological polar surface area (TPSA) is 105 Å². The normalized spacial score (nSPS) is 18.6. The third-order valence-corrected chi connectivity index (χ3v) is 7.43. The molecule has 0 aliphatic carbocycles. The van der Waals surface area contributed by atoms with E-state index in [0.717, 1.165) is 6.29 Å². The number of carbonyl (C=O) groups excluding carboxylic acids is 4. The van der Waals surface area contributed by atoms with Crippen molar-refractivity contribution in [1.29, 1.82) is 0 Å². The fraction of sp³-hybridized carbons (Fsp3) is 0.484. The smallest absolute Gasteiger partial charge is 0.328 e. The summed E-state index contributed by atoms with van der Waals surface area (Å²) < 4.78 is 11.4. The van der Waals surface area contributed by atoms with Crippen molar-refractivity contribution in [3.63, 3.8) is 0 Å². The largest absolute Gasteiger partial charge is 0.483 e. The van der Waals surface area contributed by atoms with E-state index < -0.39 is 30.1 Å². The molecule has 0 bridgehead atoms. The maximum absolute atomic E-state index is 14.2. The van der Waals surface area contributed by atoms with Crippen LogP contribution >= 0.6 is 0 Å². The monoisotopic (exact) mass is 551 g/mol. The third-order valence-electron chi connectivity index (χ3n) is 7.43. The molecule has 40 heavy (non-hydrogen) atoms. The highest BCUT2D eigenvalue weighted by Gasteiger charge is 2.47. The van der Waals surface area contributed by atoms with E-state index in [4.69, 9.17) is 9.47 Å². The van der Waals surface area contributed by atoms with Gasteiger partial charge in [-0.25, -0.2) is 4.79 Å². The van der Waals surface area contributed by atoms with Crippen LogP contribution in [0.1, 0.15) is 62.6 Å². The fourth-order valence-electron chi connectivity index (χ4n) is 4.95. The summed E-state index contributed by atoms with van der Waals surface area (Å²) in [6.07, 6.45) is 1.11. The highest BCUT2D eigenvalue weighted by molar-refractivity contribution is 5.93. The number of rotatable bonds is 13. The standard InChI is InChI=1S/C31H41N3O6/c1-7-21(4)26(31(38)39-6)32-29(36)27(34-19-33(5)25(30(34)37)17-20(2)3)28(23-11-9-8-10-12-23)40-24-15-13-22(18-35)14-16-24/h8-16,18,20-21,25-28H,7,17,19H2,1-6H3,(H,32,36)/t21-,25-,26-,27+,28+/m0/s1. The number of carbonyl (C=O) groups is 4. The van der Waals surface area contributed by atoms with E-state index in [9.17, 15) is 19.2 Å². The van der Waals surface area contributed by atoms with E-state index >= 15 is 0 Å². The number of likely N-dealkylation sites (N-methyl/N-ethyl adjacent to an activating group) is 1. The number of hydrogen-bond acceptors (Lipinski definition) is 7. The lowest BCUT2D eigenvalue weighted by atomic mass is 9.96.